The minimum Gasteiger partial charge on any atom is -0.494 e. The molecule has 1 rings (SSSR count). The number of primary sulfonamides is 1. The van der Waals surface area contributed by atoms with Crippen molar-refractivity contribution in [3.8, 4) is 5.75 Å². The van der Waals surface area contributed by atoms with Crippen LogP contribution >= 0.6 is 0 Å². The lowest BCUT2D eigenvalue weighted by molar-refractivity contribution is 0.304. The zero-order valence-corrected chi connectivity index (χ0v) is 11.2. The minimum absolute atomic E-state index is 0.0952. The quantitative estimate of drug-likeness (QED) is 0.696. The van der Waals surface area contributed by atoms with Crippen molar-refractivity contribution in [2.24, 2.45) is 10.9 Å². The zero-order chi connectivity index (χ0) is 13.4. The van der Waals surface area contributed by atoms with Gasteiger partial charge in [-0.1, -0.05) is 12.8 Å². The topological polar surface area (TPSA) is 95.4 Å². The third-order valence-corrected chi connectivity index (χ3v) is 3.45. The largest absolute Gasteiger partial charge is 0.494 e. The molecule has 5 nitrogen and oxygen atoms in total. The molecule has 0 spiro atoms. The summed E-state index contributed by atoms with van der Waals surface area (Å²) in [6.07, 6.45) is 4.22. The van der Waals surface area contributed by atoms with Crippen LogP contribution in [0.4, 0.5) is 0 Å². The van der Waals surface area contributed by atoms with Crippen molar-refractivity contribution in [2.45, 2.75) is 30.6 Å². The van der Waals surface area contributed by atoms with Crippen LogP contribution in [-0.4, -0.2) is 21.6 Å². The van der Waals surface area contributed by atoms with Gasteiger partial charge in [0.15, 0.2) is 0 Å². The Kier molecular flexibility index (Phi) is 6.11. The van der Waals surface area contributed by atoms with Crippen molar-refractivity contribution in [2.75, 3.05) is 13.2 Å². The molecule has 4 N–H and O–H groups in total. The van der Waals surface area contributed by atoms with E-state index < -0.39 is 10.0 Å². The number of nitrogens with two attached hydrogens (primary N) is 2. The van der Waals surface area contributed by atoms with Gasteiger partial charge in [0.2, 0.25) is 10.0 Å². The van der Waals surface area contributed by atoms with Crippen LogP contribution < -0.4 is 15.6 Å². The van der Waals surface area contributed by atoms with E-state index in [2.05, 4.69) is 0 Å². The predicted molar refractivity (Wildman–Crippen MR) is 70.8 cm³/mol. The number of ether oxygens (including phenoxy) is 1. The number of rotatable bonds is 8. The second-order valence-corrected chi connectivity index (χ2v) is 5.63. The molecule has 0 fully saturated rings. The maximum atomic E-state index is 11.0. The summed E-state index contributed by atoms with van der Waals surface area (Å²) in [6, 6.07) is 6.11. The first kappa shape index (κ1) is 14.9. The number of sulfonamides is 1. The fraction of sp³-hybridized carbons (Fsp3) is 0.500. The van der Waals surface area contributed by atoms with E-state index in [1.807, 2.05) is 0 Å². The van der Waals surface area contributed by atoms with Gasteiger partial charge in [0.25, 0.3) is 0 Å². The lowest BCUT2D eigenvalue weighted by Gasteiger charge is -2.06. The molecule has 102 valence electrons. The van der Waals surface area contributed by atoms with E-state index in [1.165, 1.54) is 12.1 Å². The molecule has 0 heterocycles. The van der Waals surface area contributed by atoms with Crippen molar-refractivity contribution in [1.82, 2.24) is 0 Å². The minimum atomic E-state index is -3.62. The summed E-state index contributed by atoms with van der Waals surface area (Å²) < 4.78 is 27.6. The van der Waals surface area contributed by atoms with Crippen LogP contribution in [0, 0.1) is 0 Å². The molecular weight excluding hydrogens is 252 g/mol. The summed E-state index contributed by atoms with van der Waals surface area (Å²) in [5.41, 5.74) is 5.39. The zero-order valence-electron chi connectivity index (χ0n) is 10.3. The lowest BCUT2D eigenvalue weighted by atomic mass is 10.2. The molecule has 6 heteroatoms. The van der Waals surface area contributed by atoms with E-state index in [0.29, 0.717) is 12.4 Å². The van der Waals surface area contributed by atoms with E-state index in [-0.39, 0.29) is 4.90 Å². The maximum absolute atomic E-state index is 11.0. The molecule has 0 saturated carbocycles. The van der Waals surface area contributed by atoms with Gasteiger partial charge >= 0.3 is 0 Å². The van der Waals surface area contributed by atoms with Crippen molar-refractivity contribution < 1.29 is 13.2 Å². The molecule has 0 aliphatic heterocycles. The molecule has 0 aromatic heterocycles. The molecule has 0 aliphatic carbocycles. The normalized spacial score (nSPS) is 11.4. The number of hydrogen-bond donors (Lipinski definition) is 2. The standard InChI is InChI=1S/C12H20N2O3S/c13-9-3-1-2-4-10-17-11-5-7-12(8-6-11)18(14,15)16/h5-8H,1-4,9-10,13H2,(H2,14,15,16). The SMILES string of the molecule is NCCCCCCOc1ccc(S(N)(=O)=O)cc1. The van der Waals surface area contributed by atoms with Crippen LogP contribution in [-0.2, 0) is 10.0 Å². The number of unbranched alkanes of at least 4 members (excludes halogenated alkanes) is 3. The predicted octanol–water partition coefficient (Wildman–Crippen LogP) is 1.23. The van der Waals surface area contributed by atoms with Gasteiger partial charge in [-0.15, -0.1) is 0 Å². The average molecular weight is 272 g/mol. The monoisotopic (exact) mass is 272 g/mol. The molecule has 0 unspecified atom stereocenters. The van der Waals surface area contributed by atoms with Gasteiger partial charge in [-0.2, -0.15) is 0 Å². The van der Waals surface area contributed by atoms with Gasteiger partial charge in [-0.05, 0) is 43.7 Å². The smallest absolute Gasteiger partial charge is 0.238 e. The van der Waals surface area contributed by atoms with Crippen LogP contribution in [0.15, 0.2) is 29.2 Å². The Morgan fingerprint density at radius 2 is 1.61 bits per heavy atom. The van der Waals surface area contributed by atoms with Crippen LogP contribution in [0.1, 0.15) is 25.7 Å². The van der Waals surface area contributed by atoms with E-state index in [4.69, 9.17) is 15.6 Å². The first-order valence-corrected chi connectivity index (χ1v) is 7.54. The molecule has 1 aromatic carbocycles. The highest BCUT2D eigenvalue weighted by molar-refractivity contribution is 7.89. The van der Waals surface area contributed by atoms with Crippen molar-refractivity contribution in [1.29, 1.82) is 0 Å². The van der Waals surface area contributed by atoms with E-state index in [1.54, 1.807) is 12.1 Å². The third-order valence-electron chi connectivity index (χ3n) is 2.52. The van der Waals surface area contributed by atoms with E-state index in [0.717, 1.165) is 32.2 Å². The Hall–Kier alpha value is -1.11. The van der Waals surface area contributed by atoms with Crippen LogP contribution in [0.5, 0.6) is 5.75 Å². The van der Waals surface area contributed by atoms with Gasteiger partial charge in [0.05, 0.1) is 11.5 Å². The van der Waals surface area contributed by atoms with Crippen molar-refractivity contribution in [3.05, 3.63) is 24.3 Å². The van der Waals surface area contributed by atoms with Crippen LogP contribution in [0.2, 0.25) is 0 Å². The molecule has 0 saturated heterocycles. The van der Waals surface area contributed by atoms with Gasteiger partial charge < -0.3 is 10.5 Å². The second-order valence-electron chi connectivity index (χ2n) is 4.07. The molecule has 0 atom stereocenters. The van der Waals surface area contributed by atoms with Gasteiger partial charge in [-0.3, -0.25) is 0 Å². The molecule has 0 bridgehead atoms. The van der Waals surface area contributed by atoms with Crippen LogP contribution in [0.25, 0.3) is 0 Å². The molecule has 1 aromatic rings. The Bertz CT molecular complexity index is 443. The third kappa shape index (κ3) is 5.48. The van der Waals surface area contributed by atoms with Crippen molar-refractivity contribution in [3.63, 3.8) is 0 Å². The highest BCUT2D eigenvalue weighted by Gasteiger charge is 2.06. The first-order valence-electron chi connectivity index (χ1n) is 6.00. The Morgan fingerprint density at radius 1 is 1.00 bits per heavy atom. The summed E-state index contributed by atoms with van der Waals surface area (Å²) in [7, 11) is -3.62. The summed E-state index contributed by atoms with van der Waals surface area (Å²) >= 11 is 0. The average Bonchev–Trinajstić information content (AvgIpc) is 2.33. The van der Waals surface area contributed by atoms with E-state index in [9.17, 15) is 8.42 Å². The number of hydrogen-bond acceptors (Lipinski definition) is 4. The van der Waals surface area contributed by atoms with E-state index >= 15 is 0 Å². The van der Waals surface area contributed by atoms with Gasteiger partial charge in [0.1, 0.15) is 5.75 Å². The summed E-state index contributed by atoms with van der Waals surface area (Å²) in [4.78, 5) is 0.0952. The highest BCUT2D eigenvalue weighted by Crippen LogP contribution is 2.15. The molecule has 0 radical (unpaired) electrons. The summed E-state index contributed by atoms with van der Waals surface area (Å²) in [5, 5.41) is 5.00. The van der Waals surface area contributed by atoms with Gasteiger partial charge in [-0.25, -0.2) is 13.6 Å². The summed E-state index contributed by atoms with van der Waals surface area (Å²) in [5.74, 6) is 0.654. The highest BCUT2D eigenvalue weighted by atomic mass is 32.2. The van der Waals surface area contributed by atoms with Crippen molar-refractivity contribution >= 4 is 10.0 Å². The Morgan fingerprint density at radius 3 is 2.17 bits per heavy atom. The molecule has 0 amide bonds. The Balaban J connectivity index is 2.32. The molecule has 18 heavy (non-hydrogen) atoms. The first-order chi connectivity index (χ1) is 8.54. The summed E-state index contributed by atoms with van der Waals surface area (Å²) in [6.45, 7) is 1.36. The fourth-order valence-corrected chi connectivity index (χ4v) is 2.03. The lowest BCUT2D eigenvalue weighted by Crippen LogP contribution is -2.11. The molecular formula is C12H20N2O3S. The number of benzene rings is 1. The Labute approximate surface area is 108 Å². The van der Waals surface area contributed by atoms with Gasteiger partial charge in [0, 0.05) is 0 Å². The fourth-order valence-electron chi connectivity index (χ4n) is 1.52. The van der Waals surface area contributed by atoms with Crippen LogP contribution in [0.3, 0.4) is 0 Å². The molecule has 0 aliphatic rings. The maximum Gasteiger partial charge on any atom is 0.238 e. The second kappa shape index (κ2) is 7.35.